The van der Waals surface area contributed by atoms with Gasteiger partial charge in [0.05, 0.1) is 6.10 Å². The third-order valence-electron chi connectivity index (χ3n) is 1.58. The highest BCUT2D eigenvalue weighted by atomic mass is 32.2. The minimum atomic E-state index is -0.157. The van der Waals surface area contributed by atoms with Gasteiger partial charge in [-0.2, -0.15) is 11.8 Å². The minimum Gasteiger partial charge on any atom is -0.391 e. The lowest BCUT2D eigenvalue weighted by atomic mass is 10.4. The highest BCUT2D eigenvalue weighted by Gasteiger charge is 2.20. The van der Waals surface area contributed by atoms with Crippen LogP contribution in [0.2, 0.25) is 0 Å². The summed E-state index contributed by atoms with van der Waals surface area (Å²) in [4.78, 5) is 0. The molecule has 1 saturated carbocycles. The second-order valence-electron chi connectivity index (χ2n) is 2.79. The lowest BCUT2D eigenvalue weighted by Crippen LogP contribution is -2.29. The van der Waals surface area contributed by atoms with Crippen molar-refractivity contribution >= 4 is 11.8 Å². The molecule has 2 nitrogen and oxygen atoms in total. The molecule has 60 valence electrons. The van der Waals surface area contributed by atoms with E-state index in [9.17, 15) is 5.11 Å². The standard InChI is InChI=1S/C7H15NOS/c1-10-5-7(9)4-8-6-2-3-6/h6-9H,2-5H2,1H3. The van der Waals surface area contributed by atoms with Crippen LogP contribution in [-0.2, 0) is 0 Å². The second kappa shape index (κ2) is 4.21. The van der Waals surface area contributed by atoms with Gasteiger partial charge >= 0.3 is 0 Å². The maximum Gasteiger partial charge on any atom is 0.0754 e. The van der Waals surface area contributed by atoms with Gasteiger partial charge in [-0.1, -0.05) is 0 Å². The van der Waals surface area contributed by atoms with Crippen LogP contribution in [0.3, 0.4) is 0 Å². The molecule has 0 saturated heterocycles. The van der Waals surface area contributed by atoms with E-state index >= 15 is 0 Å². The van der Waals surface area contributed by atoms with Crippen molar-refractivity contribution in [2.24, 2.45) is 0 Å². The molecule has 1 aliphatic rings. The van der Waals surface area contributed by atoms with E-state index in [1.165, 1.54) is 12.8 Å². The molecule has 1 unspecified atom stereocenters. The second-order valence-corrected chi connectivity index (χ2v) is 3.70. The molecule has 0 heterocycles. The maximum absolute atomic E-state index is 9.24. The molecule has 0 aromatic carbocycles. The number of rotatable bonds is 5. The highest BCUT2D eigenvalue weighted by Crippen LogP contribution is 2.18. The van der Waals surface area contributed by atoms with Gasteiger partial charge in [0.25, 0.3) is 0 Å². The molecule has 0 spiro atoms. The van der Waals surface area contributed by atoms with Crippen molar-refractivity contribution in [2.45, 2.75) is 25.0 Å². The number of hydrogen-bond donors (Lipinski definition) is 2. The number of aliphatic hydroxyl groups is 1. The van der Waals surface area contributed by atoms with Gasteiger partial charge in [0.2, 0.25) is 0 Å². The van der Waals surface area contributed by atoms with Gasteiger partial charge in [0.1, 0.15) is 0 Å². The number of thioether (sulfide) groups is 1. The van der Waals surface area contributed by atoms with Crippen molar-refractivity contribution in [1.82, 2.24) is 5.32 Å². The lowest BCUT2D eigenvalue weighted by Gasteiger charge is -2.08. The highest BCUT2D eigenvalue weighted by molar-refractivity contribution is 7.98. The van der Waals surface area contributed by atoms with Gasteiger partial charge in [-0.15, -0.1) is 0 Å². The summed E-state index contributed by atoms with van der Waals surface area (Å²) in [5, 5.41) is 12.5. The molecule has 0 radical (unpaired) electrons. The van der Waals surface area contributed by atoms with E-state index in [0.29, 0.717) is 0 Å². The average molecular weight is 161 g/mol. The van der Waals surface area contributed by atoms with Gasteiger partial charge in [-0.25, -0.2) is 0 Å². The molecule has 10 heavy (non-hydrogen) atoms. The van der Waals surface area contributed by atoms with E-state index in [0.717, 1.165) is 18.3 Å². The summed E-state index contributed by atoms with van der Waals surface area (Å²) in [5.74, 6) is 0.847. The molecule has 0 aromatic heterocycles. The quantitative estimate of drug-likeness (QED) is 0.614. The first-order chi connectivity index (χ1) is 4.83. The van der Waals surface area contributed by atoms with E-state index < -0.39 is 0 Å². The predicted octanol–water partition coefficient (Wildman–Crippen LogP) is 0.462. The third kappa shape index (κ3) is 3.44. The zero-order valence-corrected chi connectivity index (χ0v) is 7.16. The average Bonchev–Trinajstić information content (AvgIpc) is 2.67. The molecule has 0 aliphatic heterocycles. The molecular formula is C7H15NOS. The minimum absolute atomic E-state index is 0.157. The maximum atomic E-state index is 9.24. The summed E-state index contributed by atoms with van der Waals surface area (Å²) in [6, 6.07) is 0.719. The van der Waals surface area contributed by atoms with Crippen LogP contribution < -0.4 is 5.32 Å². The monoisotopic (exact) mass is 161 g/mol. The first-order valence-electron chi connectivity index (χ1n) is 3.73. The largest absolute Gasteiger partial charge is 0.391 e. The molecule has 0 amide bonds. The first-order valence-corrected chi connectivity index (χ1v) is 5.12. The van der Waals surface area contributed by atoms with Crippen LogP contribution >= 0.6 is 11.8 Å². The molecule has 0 bridgehead atoms. The molecule has 2 N–H and O–H groups in total. The van der Waals surface area contributed by atoms with E-state index in [2.05, 4.69) is 5.32 Å². The SMILES string of the molecule is CSCC(O)CNC1CC1. The van der Waals surface area contributed by atoms with Crippen molar-refractivity contribution in [3.8, 4) is 0 Å². The molecular weight excluding hydrogens is 146 g/mol. The number of nitrogens with one attached hydrogen (secondary N) is 1. The lowest BCUT2D eigenvalue weighted by molar-refractivity contribution is 0.195. The van der Waals surface area contributed by atoms with Crippen LogP contribution in [0.1, 0.15) is 12.8 Å². The van der Waals surface area contributed by atoms with E-state index in [1.807, 2.05) is 6.26 Å². The fourth-order valence-electron chi connectivity index (χ4n) is 0.841. The molecule has 1 atom stereocenters. The summed E-state index contributed by atoms with van der Waals surface area (Å²) in [6.45, 7) is 0.769. The topological polar surface area (TPSA) is 32.3 Å². The van der Waals surface area contributed by atoms with Gasteiger partial charge < -0.3 is 10.4 Å². The zero-order valence-electron chi connectivity index (χ0n) is 6.34. The van der Waals surface area contributed by atoms with Crippen LogP contribution in [-0.4, -0.2) is 35.8 Å². The Labute approximate surface area is 66.4 Å². The summed E-state index contributed by atoms with van der Waals surface area (Å²) in [6.07, 6.45) is 4.45. The summed E-state index contributed by atoms with van der Waals surface area (Å²) in [7, 11) is 0. The van der Waals surface area contributed by atoms with Gasteiger partial charge in [-0.3, -0.25) is 0 Å². The van der Waals surface area contributed by atoms with Crippen molar-refractivity contribution in [2.75, 3.05) is 18.6 Å². The Bertz CT molecular complexity index is 95.6. The van der Waals surface area contributed by atoms with E-state index in [4.69, 9.17) is 0 Å². The van der Waals surface area contributed by atoms with Crippen molar-refractivity contribution < 1.29 is 5.11 Å². The van der Waals surface area contributed by atoms with Crippen molar-refractivity contribution in [3.05, 3.63) is 0 Å². The van der Waals surface area contributed by atoms with Crippen LogP contribution in [0.15, 0.2) is 0 Å². The Morgan fingerprint density at radius 1 is 1.70 bits per heavy atom. The Morgan fingerprint density at radius 3 is 2.90 bits per heavy atom. The fraction of sp³-hybridized carbons (Fsp3) is 1.00. The van der Waals surface area contributed by atoms with Crippen molar-refractivity contribution in [1.29, 1.82) is 0 Å². The molecule has 1 aliphatic carbocycles. The van der Waals surface area contributed by atoms with Crippen LogP contribution in [0.4, 0.5) is 0 Å². The van der Waals surface area contributed by atoms with E-state index in [1.54, 1.807) is 11.8 Å². The molecule has 3 heteroatoms. The number of aliphatic hydroxyl groups excluding tert-OH is 1. The smallest absolute Gasteiger partial charge is 0.0754 e. The molecule has 1 rings (SSSR count). The Morgan fingerprint density at radius 2 is 2.40 bits per heavy atom. The first kappa shape index (κ1) is 8.37. The third-order valence-corrected chi connectivity index (χ3v) is 2.30. The normalized spacial score (nSPS) is 21.0. The Hall–Kier alpha value is 0.270. The molecule has 0 aromatic rings. The number of hydrogen-bond acceptors (Lipinski definition) is 3. The Kier molecular flexibility index (Phi) is 3.52. The van der Waals surface area contributed by atoms with Crippen LogP contribution in [0.25, 0.3) is 0 Å². The zero-order chi connectivity index (χ0) is 7.40. The van der Waals surface area contributed by atoms with Gasteiger partial charge in [0, 0.05) is 18.3 Å². The fourth-order valence-corrected chi connectivity index (χ4v) is 1.34. The Balaban J connectivity index is 1.89. The molecule has 1 fully saturated rings. The predicted molar refractivity (Wildman–Crippen MR) is 45.4 cm³/mol. The summed E-state index contributed by atoms with van der Waals surface area (Å²) >= 11 is 1.69. The van der Waals surface area contributed by atoms with Crippen LogP contribution in [0, 0.1) is 0 Å². The summed E-state index contributed by atoms with van der Waals surface area (Å²) < 4.78 is 0. The van der Waals surface area contributed by atoms with Gasteiger partial charge in [0.15, 0.2) is 0 Å². The van der Waals surface area contributed by atoms with Crippen LogP contribution in [0.5, 0.6) is 0 Å². The van der Waals surface area contributed by atoms with E-state index in [-0.39, 0.29) is 6.10 Å². The van der Waals surface area contributed by atoms with Gasteiger partial charge in [-0.05, 0) is 19.1 Å². The summed E-state index contributed by atoms with van der Waals surface area (Å²) in [5.41, 5.74) is 0. The van der Waals surface area contributed by atoms with Crippen molar-refractivity contribution in [3.63, 3.8) is 0 Å².